The van der Waals surface area contributed by atoms with E-state index in [2.05, 4.69) is 22.4 Å². The van der Waals surface area contributed by atoms with Gasteiger partial charge in [-0.05, 0) is 36.4 Å². The Labute approximate surface area is 116 Å². The Morgan fingerprint density at radius 2 is 1.63 bits per heavy atom. The molecule has 0 spiro atoms. The van der Waals surface area contributed by atoms with E-state index in [-0.39, 0.29) is 5.91 Å². The summed E-state index contributed by atoms with van der Waals surface area (Å²) in [6, 6.07) is 10.2. The molecule has 0 saturated carbocycles. The Hall–Kier alpha value is -2.33. The van der Waals surface area contributed by atoms with Crippen LogP contribution in [-0.4, -0.2) is 10.9 Å². The van der Waals surface area contributed by atoms with Crippen LogP contribution in [0.4, 0.5) is 0 Å². The lowest BCUT2D eigenvalue weighted by Crippen LogP contribution is -2.35. The number of halogens is 1. The average Bonchev–Trinajstić information content (AvgIpc) is 2.46. The maximum Gasteiger partial charge on any atom is 0.269 e. The second-order valence-electron chi connectivity index (χ2n) is 3.80. The molecule has 2 rings (SSSR count). The first kappa shape index (κ1) is 13.1. The predicted molar refractivity (Wildman–Crippen MR) is 75.3 cm³/mol. The van der Waals surface area contributed by atoms with Crippen molar-refractivity contribution in [2.75, 3.05) is 0 Å². The van der Waals surface area contributed by atoms with Crippen molar-refractivity contribution < 1.29 is 4.79 Å². The van der Waals surface area contributed by atoms with Crippen molar-refractivity contribution >= 4 is 23.2 Å². The summed E-state index contributed by atoms with van der Waals surface area (Å²) in [7, 11) is 0. The average molecular weight is 274 g/mol. The first-order valence-corrected chi connectivity index (χ1v) is 5.96. The van der Waals surface area contributed by atoms with E-state index >= 15 is 0 Å². The molecule has 1 amide bonds. The normalized spacial score (nSPS) is 9.74. The van der Waals surface area contributed by atoms with Crippen LogP contribution in [0.2, 0.25) is 5.02 Å². The number of hydrogen-bond acceptors (Lipinski definition) is 3. The number of nitrogens with one attached hydrogen (secondary N) is 2. The lowest BCUT2D eigenvalue weighted by Gasteiger charge is -2.11. The number of aromatic nitrogens is 1. The smallest absolute Gasteiger partial charge is 0.269 e. The van der Waals surface area contributed by atoms with E-state index in [9.17, 15) is 4.79 Å². The Kier molecular flexibility index (Phi) is 4.15. The molecule has 0 aliphatic rings. The molecule has 2 N–H and O–H groups in total. The second kappa shape index (κ2) is 6.02. The molecule has 0 bridgehead atoms. The Morgan fingerprint density at radius 1 is 1.00 bits per heavy atom. The Bertz CT molecular complexity index is 581. The van der Waals surface area contributed by atoms with E-state index in [1.165, 1.54) is 0 Å². The summed E-state index contributed by atoms with van der Waals surface area (Å²) < 4.78 is 0. The minimum Gasteiger partial charge on any atom is -0.298 e. The van der Waals surface area contributed by atoms with Gasteiger partial charge in [0.1, 0.15) is 0 Å². The van der Waals surface area contributed by atoms with Crippen molar-refractivity contribution in [2.24, 2.45) is 0 Å². The summed E-state index contributed by atoms with van der Waals surface area (Å²) in [4.78, 5) is 15.7. The lowest BCUT2D eigenvalue weighted by atomic mass is 10.2. The van der Waals surface area contributed by atoms with Gasteiger partial charge in [-0.2, -0.15) is 0 Å². The van der Waals surface area contributed by atoms with Gasteiger partial charge in [-0.3, -0.25) is 20.6 Å². The number of amides is 1. The fourth-order valence-corrected chi connectivity index (χ4v) is 1.56. The third-order valence-corrected chi connectivity index (χ3v) is 2.71. The van der Waals surface area contributed by atoms with E-state index in [1.54, 1.807) is 48.8 Å². The molecule has 0 unspecified atom stereocenters. The van der Waals surface area contributed by atoms with E-state index < -0.39 is 0 Å². The van der Waals surface area contributed by atoms with Crippen molar-refractivity contribution in [3.63, 3.8) is 0 Å². The van der Waals surface area contributed by atoms with Gasteiger partial charge in [0.25, 0.3) is 5.91 Å². The summed E-state index contributed by atoms with van der Waals surface area (Å²) in [5, 5.41) is 0.589. The van der Waals surface area contributed by atoms with Gasteiger partial charge in [0.2, 0.25) is 0 Å². The van der Waals surface area contributed by atoms with Crippen LogP contribution in [0.3, 0.4) is 0 Å². The highest BCUT2D eigenvalue weighted by Crippen LogP contribution is 2.09. The van der Waals surface area contributed by atoms with Crippen molar-refractivity contribution in [2.45, 2.75) is 0 Å². The molecule has 1 aromatic carbocycles. The zero-order valence-electron chi connectivity index (χ0n) is 10.1. The van der Waals surface area contributed by atoms with Gasteiger partial charge in [0, 0.05) is 28.5 Å². The molecular formula is C14H12ClN3O. The molecule has 1 aromatic heterocycles. The van der Waals surface area contributed by atoms with Crippen LogP contribution < -0.4 is 10.9 Å². The van der Waals surface area contributed by atoms with Gasteiger partial charge < -0.3 is 0 Å². The molecule has 96 valence electrons. The van der Waals surface area contributed by atoms with E-state index in [0.29, 0.717) is 16.3 Å². The minimum absolute atomic E-state index is 0.258. The quantitative estimate of drug-likeness (QED) is 0.842. The first-order valence-electron chi connectivity index (χ1n) is 5.58. The Morgan fingerprint density at radius 3 is 2.26 bits per heavy atom. The summed E-state index contributed by atoms with van der Waals surface area (Å²) in [5.74, 6) is -0.258. The van der Waals surface area contributed by atoms with Crippen molar-refractivity contribution in [3.8, 4) is 0 Å². The first-order chi connectivity index (χ1) is 9.16. The van der Waals surface area contributed by atoms with Gasteiger partial charge in [0.15, 0.2) is 0 Å². The topological polar surface area (TPSA) is 54.0 Å². The highest BCUT2D eigenvalue weighted by molar-refractivity contribution is 6.30. The van der Waals surface area contributed by atoms with Gasteiger partial charge in [-0.15, -0.1) is 0 Å². The molecule has 19 heavy (non-hydrogen) atoms. The van der Waals surface area contributed by atoms with Crippen LogP contribution in [0, 0.1) is 0 Å². The number of pyridine rings is 1. The van der Waals surface area contributed by atoms with Crippen LogP contribution >= 0.6 is 11.6 Å². The number of benzene rings is 1. The standard InChI is InChI=1S/C14H12ClN3O/c1-10(11-6-8-16-9-7-11)17-18-14(19)12-2-4-13(15)5-3-12/h2-9,17H,1H2,(H,18,19). The number of hydrazine groups is 1. The minimum atomic E-state index is -0.258. The molecule has 5 heteroatoms. The fraction of sp³-hybridized carbons (Fsp3) is 0. The van der Waals surface area contributed by atoms with Gasteiger partial charge >= 0.3 is 0 Å². The molecule has 2 aromatic rings. The largest absolute Gasteiger partial charge is 0.298 e. The monoisotopic (exact) mass is 273 g/mol. The molecule has 4 nitrogen and oxygen atoms in total. The molecule has 0 fully saturated rings. The summed E-state index contributed by atoms with van der Waals surface area (Å²) in [6.07, 6.45) is 3.31. The fourth-order valence-electron chi connectivity index (χ4n) is 1.43. The molecule has 0 aliphatic heterocycles. The lowest BCUT2D eigenvalue weighted by molar-refractivity contribution is 0.0942. The zero-order valence-corrected chi connectivity index (χ0v) is 10.8. The van der Waals surface area contributed by atoms with Crippen molar-refractivity contribution in [1.82, 2.24) is 15.8 Å². The molecule has 0 radical (unpaired) electrons. The molecule has 0 saturated heterocycles. The van der Waals surface area contributed by atoms with E-state index in [4.69, 9.17) is 11.6 Å². The number of rotatable bonds is 4. The summed E-state index contributed by atoms with van der Waals surface area (Å²) >= 11 is 5.76. The van der Waals surface area contributed by atoms with E-state index in [1.807, 2.05) is 0 Å². The van der Waals surface area contributed by atoms with Crippen LogP contribution in [0.1, 0.15) is 15.9 Å². The van der Waals surface area contributed by atoms with Gasteiger partial charge in [-0.25, -0.2) is 0 Å². The molecule has 1 heterocycles. The van der Waals surface area contributed by atoms with Crippen molar-refractivity contribution in [1.29, 1.82) is 0 Å². The zero-order chi connectivity index (χ0) is 13.7. The van der Waals surface area contributed by atoms with Crippen LogP contribution in [-0.2, 0) is 0 Å². The molecule has 0 atom stereocenters. The third-order valence-electron chi connectivity index (χ3n) is 2.46. The predicted octanol–water partition coefficient (Wildman–Crippen LogP) is 2.64. The molecular weight excluding hydrogens is 262 g/mol. The van der Waals surface area contributed by atoms with Gasteiger partial charge in [-0.1, -0.05) is 18.2 Å². The maximum absolute atomic E-state index is 11.8. The van der Waals surface area contributed by atoms with Gasteiger partial charge in [0.05, 0.1) is 5.70 Å². The second-order valence-corrected chi connectivity index (χ2v) is 4.24. The van der Waals surface area contributed by atoms with Crippen LogP contribution in [0.25, 0.3) is 5.70 Å². The highest BCUT2D eigenvalue weighted by atomic mass is 35.5. The van der Waals surface area contributed by atoms with Crippen LogP contribution in [0.15, 0.2) is 55.4 Å². The summed E-state index contributed by atoms with van der Waals surface area (Å²) in [5.41, 5.74) is 7.28. The number of nitrogens with zero attached hydrogens (tertiary/aromatic N) is 1. The number of carbonyl (C=O) groups excluding carboxylic acids is 1. The van der Waals surface area contributed by atoms with Crippen LogP contribution in [0.5, 0.6) is 0 Å². The number of carbonyl (C=O) groups is 1. The van der Waals surface area contributed by atoms with E-state index in [0.717, 1.165) is 5.56 Å². The Balaban J connectivity index is 1.94. The highest BCUT2D eigenvalue weighted by Gasteiger charge is 2.05. The maximum atomic E-state index is 11.8. The third kappa shape index (κ3) is 3.56. The van der Waals surface area contributed by atoms with Crippen molar-refractivity contribution in [3.05, 3.63) is 71.5 Å². The summed E-state index contributed by atoms with van der Waals surface area (Å²) in [6.45, 7) is 3.83. The SMILES string of the molecule is C=C(NNC(=O)c1ccc(Cl)cc1)c1ccncc1. The number of hydrogen-bond donors (Lipinski definition) is 2. The molecule has 0 aliphatic carbocycles.